The lowest BCUT2D eigenvalue weighted by Crippen LogP contribution is -2.24. The zero-order valence-electron chi connectivity index (χ0n) is 17.3. The summed E-state index contributed by atoms with van der Waals surface area (Å²) in [7, 11) is 0. The van der Waals surface area contributed by atoms with Gasteiger partial charge in [0.15, 0.2) is 0 Å². The number of hydrogen-bond acceptors (Lipinski definition) is 6. The molecule has 3 rings (SSSR count). The van der Waals surface area contributed by atoms with Gasteiger partial charge in [-0.25, -0.2) is 4.79 Å². The lowest BCUT2D eigenvalue weighted by atomic mass is 10.1. The lowest BCUT2D eigenvalue weighted by molar-refractivity contribution is 0.0947. The van der Waals surface area contributed by atoms with Gasteiger partial charge in [-0.1, -0.05) is 30.3 Å². The number of ether oxygens (including phenoxy) is 2. The van der Waals surface area contributed by atoms with Crippen molar-refractivity contribution < 1.29 is 29.0 Å². The first-order chi connectivity index (χ1) is 15.5. The molecule has 0 saturated heterocycles. The molecule has 8 nitrogen and oxygen atoms in total. The molecular formula is C24H22N2O6. The number of anilines is 1. The molecule has 3 aromatic rings. The molecule has 3 N–H and O–H groups in total. The smallest absolute Gasteiger partial charge is 0.507 e. The Balaban J connectivity index is 1.64. The first-order valence-corrected chi connectivity index (χ1v) is 9.88. The summed E-state index contributed by atoms with van der Waals surface area (Å²) in [6, 6.07) is 19.3. The Labute approximate surface area is 184 Å². The van der Waals surface area contributed by atoms with Crippen LogP contribution in [0.1, 0.15) is 33.2 Å². The molecule has 0 heterocycles. The molecular weight excluding hydrogens is 412 g/mol. The summed E-state index contributed by atoms with van der Waals surface area (Å²) in [5, 5.41) is 15.4. The number of aromatic hydroxyl groups is 1. The van der Waals surface area contributed by atoms with Crippen molar-refractivity contribution in [1.82, 2.24) is 5.32 Å². The molecule has 0 spiro atoms. The third-order valence-electron chi connectivity index (χ3n) is 4.43. The second-order valence-corrected chi connectivity index (χ2v) is 6.62. The number of carbonyl (C=O) groups is 3. The van der Waals surface area contributed by atoms with Crippen molar-refractivity contribution in [3.8, 4) is 11.5 Å². The third kappa shape index (κ3) is 5.85. The van der Waals surface area contributed by atoms with Crippen molar-refractivity contribution in [2.75, 3.05) is 11.9 Å². The number of amides is 2. The third-order valence-corrected chi connectivity index (χ3v) is 4.43. The maximum absolute atomic E-state index is 12.6. The predicted molar refractivity (Wildman–Crippen MR) is 118 cm³/mol. The number of phenolic OH excluding ortho intramolecular Hbond substituents is 1. The van der Waals surface area contributed by atoms with Gasteiger partial charge in [0.05, 0.1) is 12.2 Å². The fourth-order valence-electron chi connectivity index (χ4n) is 2.85. The first kappa shape index (κ1) is 22.4. The SMILES string of the molecule is CCOC(=O)Oc1ccc(C(=O)Nc2ccccc2CNC(=O)c2ccccc2O)cc1. The number of rotatable bonds is 7. The van der Waals surface area contributed by atoms with Gasteiger partial charge in [-0.3, -0.25) is 9.59 Å². The summed E-state index contributed by atoms with van der Waals surface area (Å²) < 4.78 is 9.68. The monoisotopic (exact) mass is 434 g/mol. The van der Waals surface area contributed by atoms with Crippen molar-refractivity contribution in [2.24, 2.45) is 0 Å². The van der Waals surface area contributed by atoms with Crippen molar-refractivity contribution in [3.05, 3.63) is 89.5 Å². The highest BCUT2D eigenvalue weighted by Crippen LogP contribution is 2.19. The van der Waals surface area contributed by atoms with Gasteiger partial charge in [0.2, 0.25) is 0 Å². The molecule has 0 atom stereocenters. The normalized spacial score (nSPS) is 10.2. The van der Waals surface area contributed by atoms with Crippen LogP contribution in [0.2, 0.25) is 0 Å². The van der Waals surface area contributed by atoms with Crippen LogP contribution in [0.25, 0.3) is 0 Å². The second kappa shape index (κ2) is 10.6. The summed E-state index contributed by atoms with van der Waals surface area (Å²) in [6.45, 7) is 2.02. The Morgan fingerprint density at radius 2 is 1.56 bits per heavy atom. The number of hydrogen-bond donors (Lipinski definition) is 3. The fraction of sp³-hybridized carbons (Fsp3) is 0.125. The van der Waals surface area contributed by atoms with Gasteiger partial charge in [0.25, 0.3) is 11.8 Å². The Morgan fingerprint density at radius 3 is 2.28 bits per heavy atom. The van der Waals surface area contributed by atoms with Crippen LogP contribution in [0.4, 0.5) is 10.5 Å². The van der Waals surface area contributed by atoms with E-state index in [4.69, 9.17) is 9.47 Å². The summed E-state index contributed by atoms with van der Waals surface area (Å²) in [4.78, 5) is 36.3. The molecule has 8 heteroatoms. The number of benzene rings is 3. The average Bonchev–Trinajstić information content (AvgIpc) is 2.79. The molecule has 0 saturated carbocycles. The molecule has 0 aliphatic carbocycles. The molecule has 0 aromatic heterocycles. The van der Waals surface area contributed by atoms with Gasteiger partial charge in [0, 0.05) is 17.8 Å². The highest BCUT2D eigenvalue weighted by molar-refractivity contribution is 6.04. The maximum Gasteiger partial charge on any atom is 0.513 e. The van der Waals surface area contributed by atoms with E-state index in [2.05, 4.69) is 10.6 Å². The maximum atomic E-state index is 12.6. The predicted octanol–water partition coefficient (Wildman–Crippen LogP) is 4.11. The Morgan fingerprint density at radius 1 is 0.875 bits per heavy atom. The van der Waals surface area contributed by atoms with E-state index in [1.807, 2.05) is 0 Å². The minimum Gasteiger partial charge on any atom is -0.507 e. The minimum atomic E-state index is -0.815. The lowest BCUT2D eigenvalue weighted by Gasteiger charge is -2.13. The van der Waals surface area contributed by atoms with Crippen LogP contribution in [0.3, 0.4) is 0 Å². The second-order valence-electron chi connectivity index (χ2n) is 6.62. The molecule has 0 aliphatic rings. The molecule has 164 valence electrons. The highest BCUT2D eigenvalue weighted by Gasteiger charge is 2.13. The Bertz CT molecular complexity index is 1110. The van der Waals surface area contributed by atoms with E-state index in [1.54, 1.807) is 43.3 Å². The van der Waals surface area contributed by atoms with Gasteiger partial charge in [-0.2, -0.15) is 0 Å². The Hall–Kier alpha value is -4.33. The van der Waals surface area contributed by atoms with E-state index in [1.165, 1.54) is 36.4 Å². The number of nitrogens with one attached hydrogen (secondary N) is 2. The summed E-state index contributed by atoms with van der Waals surface area (Å²) in [5.74, 6) is -0.650. The standard InChI is InChI=1S/C24H22N2O6/c1-2-31-24(30)32-18-13-11-16(12-14-18)22(28)26-20-9-5-3-7-17(20)15-25-23(29)19-8-4-6-10-21(19)27/h3-14,27H,2,15H2,1H3,(H,25,29)(H,26,28). The fourth-order valence-corrected chi connectivity index (χ4v) is 2.85. The number of phenols is 1. The van der Waals surface area contributed by atoms with E-state index >= 15 is 0 Å². The van der Waals surface area contributed by atoms with Gasteiger partial charge < -0.3 is 25.2 Å². The highest BCUT2D eigenvalue weighted by atomic mass is 16.7. The molecule has 0 unspecified atom stereocenters. The van der Waals surface area contributed by atoms with Crippen LogP contribution in [0.5, 0.6) is 11.5 Å². The molecule has 3 aromatic carbocycles. The van der Waals surface area contributed by atoms with Crippen molar-refractivity contribution in [2.45, 2.75) is 13.5 Å². The number of carbonyl (C=O) groups excluding carboxylic acids is 3. The van der Waals surface area contributed by atoms with Gasteiger partial charge in [-0.15, -0.1) is 0 Å². The van der Waals surface area contributed by atoms with Crippen LogP contribution in [0, 0.1) is 0 Å². The van der Waals surface area contributed by atoms with E-state index < -0.39 is 12.1 Å². The zero-order valence-corrected chi connectivity index (χ0v) is 17.3. The van der Waals surface area contributed by atoms with Crippen LogP contribution >= 0.6 is 0 Å². The summed E-state index contributed by atoms with van der Waals surface area (Å²) >= 11 is 0. The Kier molecular flexibility index (Phi) is 7.42. The minimum absolute atomic E-state index is 0.109. The van der Waals surface area contributed by atoms with Crippen LogP contribution in [0.15, 0.2) is 72.8 Å². The average molecular weight is 434 g/mol. The van der Waals surface area contributed by atoms with Crippen LogP contribution < -0.4 is 15.4 Å². The van der Waals surface area contributed by atoms with E-state index in [0.717, 1.165) is 0 Å². The number of para-hydroxylation sites is 2. The topological polar surface area (TPSA) is 114 Å². The molecule has 32 heavy (non-hydrogen) atoms. The van der Waals surface area contributed by atoms with Crippen molar-refractivity contribution in [1.29, 1.82) is 0 Å². The van der Waals surface area contributed by atoms with Crippen molar-refractivity contribution in [3.63, 3.8) is 0 Å². The van der Waals surface area contributed by atoms with Crippen molar-refractivity contribution >= 4 is 23.7 Å². The summed E-state index contributed by atoms with van der Waals surface area (Å²) in [5.41, 5.74) is 1.74. The summed E-state index contributed by atoms with van der Waals surface area (Å²) in [6.07, 6.45) is -0.815. The van der Waals surface area contributed by atoms with Gasteiger partial charge in [0.1, 0.15) is 11.5 Å². The van der Waals surface area contributed by atoms with Gasteiger partial charge >= 0.3 is 6.16 Å². The van der Waals surface area contributed by atoms with E-state index in [-0.39, 0.29) is 36.1 Å². The van der Waals surface area contributed by atoms with Crippen LogP contribution in [-0.2, 0) is 11.3 Å². The van der Waals surface area contributed by atoms with E-state index in [9.17, 15) is 19.5 Å². The van der Waals surface area contributed by atoms with Crippen LogP contribution in [-0.4, -0.2) is 29.7 Å². The first-order valence-electron chi connectivity index (χ1n) is 9.88. The largest absolute Gasteiger partial charge is 0.513 e. The van der Waals surface area contributed by atoms with Gasteiger partial charge in [-0.05, 0) is 55.0 Å². The molecule has 0 fully saturated rings. The zero-order chi connectivity index (χ0) is 22.9. The quantitative estimate of drug-likeness (QED) is 0.381. The molecule has 0 radical (unpaired) electrons. The van der Waals surface area contributed by atoms with E-state index in [0.29, 0.717) is 16.8 Å². The molecule has 2 amide bonds. The molecule has 0 aliphatic heterocycles. The molecule has 0 bridgehead atoms.